The van der Waals surface area contributed by atoms with Gasteiger partial charge in [0.25, 0.3) is 5.91 Å². The molecule has 0 bridgehead atoms. The summed E-state index contributed by atoms with van der Waals surface area (Å²) in [6.07, 6.45) is 4.47. The van der Waals surface area contributed by atoms with Gasteiger partial charge in [-0.05, 0) is 37.1 Å². The summed E-state index contributed by atoms with van der Waals surface area (Å²) in [6.45, 7) is 3.28. The van der Waals surface area contributed by atoms with Crippen molar-refractivity contribution in [2.45, 2.75) is 32.6 Å². The summed E-state index contributed by atoms with van der Waals surface area (Å²) in [4.78, 5) is 26.1. The molecule has 0 atom stereocenters. The van der Waals surface area contributed by atoms with Crippen LogP contribution in [0.15, 0.2) is 53.1 Å². The van der Waals surface area contributed by atoms with E-state index in [-0.39, 0.29) is 17.6 Å². The van der Waals surface area contributed by atoms with Gasteiger partial charge in [-0.2, -0.15) is 0 Å². The molecular weight excluding hydrogens is 304 g/mol. The molecule has 0 saturated carbocycles. The lowest BCUT2D eigenvalue weighted by Gasteiger charge is -2.22. The molecule has 0 aliphatic rings. The van der Waals surface area contributed by atoms with Crippen LogP contribution in [0.2, 0.25) is 0 Å². The van der Waals surface area contributed by atoms with E-state index < -0.39 is 0 Å². The number of para-hydroxylation sites is 1. The second kappa shape index (κ2) is 9.55. The highest BCUT2D eigenvalue weighted by Crippen LogP contribution is 2.16. The third-order valence-electron chi connectivity index (χ3n) is 3.70. The fraction of sp³-hybridized carbons (Fsp3) is 0.368. The summed E-state index contributed by atoms with van der Waals surface area (Å²) in [5.41, 5.74) is 0.926. The molecule has 24 heavy (non-hydrogen) atoms. The molecule has 2 aromatic rings. The minimum atomic E-state index is -0.252. The van der Waals surface area contributed by atoms with Crippen LogP contribution >= 0.6 is 0 Å². The van der Waals surface area contributed by atoms with Gasteiger partial charge >= 0.3 is 0 Å². The monoisotopic (exact) mass is 328 g/mol. The molecule has 1 aromatic heterocycles. The second-order valence-electron chi connectivity index (χ2n) is 5.57. The normalized spacial score (nSPS) is 10.4. The van der Waals surface area contributed by atoms with E-state index in [0.717, 1.165) is 25.1 Å². The fourth-order valence-corrected chi connectivity index (χ4v) is 2.39. The number of anilines is 1. The molecule has 0 radical (unpaired) electrons. The summed E-state index contributed by atoms with van der Waals surface area (Å²) < 4.78 is 5.03. The zero-order valence-electron chi connectivity index (χ0n) is 14.0. The Kier molecular flexibility index (Phi) is 7.08. The topological polar surface area (TPSA) is 62.6 Å². The molecule has 2 rings (SSSR count). The standard InChI is InChI=1S/C19H24N2O3/c1-2-3-14-21(16-9-5-4-6-10-16)18(22)12-7-13-20-19(23)17-11-8-15-24-17/h4-6,8-11,15H,2-3,7,12-14H2,1H3,(H,20,23). The van der Waals surface area contributed by atoms with Gasteiger partial charge in [0.15, 0.2) is 5.76 Å². The number of benzene rings is 1. The van der Waals surface area contributed by atoms with Crippen LogP contribution in [0.25, 0.3) is 0 Å². The van der Waals surface area contributed by atoms with Crippen LogP contribution in [0.3, 0.4) is 0 Å². The number of hydrogen-bond acceptors (Lipinski definition) is 3. The highest BCUT2D eigenvalue weighted by atomic mass is 16.3. The summed E-state index contributed by atoms with van der Waals surface area (Å²) in [5, 5.41) is 2.76. The van der Waals surface area contributed by atoms with Gasteiger partial charge in [-0.15, -0.1) is 0 Å². The summed E-state index contributed by atoms with van der Waals surface area (Å²) >= 11 is 0. The van der Waals surface area contributed by atoms with Crippen molar-refractivity contribution in [3.05, 3.63) is 54.5 Å². The molecule has 0 aliphatic carbocycles. The van der Waals surface area contributed by atoms with Crippen molar-refractivity contribution in [2.24, 2.45) is 0 Å². The van der Waals surface area contributed by atoms with Gasteiger partial charge < -0.3 is 14.6 Å². The first-order valence-corrected chi connectivity index (χ1v) is 8.39. The number of nitrogens with zero attached hydrogens (tertiary/aromatic N) is 1. The lowest BCUT2D eigenvalue weighted by Crippen LogP contribution is -2.32. The predicted octanol–water partition coefficient (Wildman–Crippen LogP) is 3.62. The first-order chi connectivity index (χ1) is 11.7. The van der Waals surface area contributed by atoms with E-state index in [9.17, 15) is 9.59 Å². The Morgan fingerprint density at radius 3 is 2.54 bits per heavy atom. The minimum Gasteiger partial charge on any atom is -0.459 e. The van der Waals surface area contributed by atoms with Gasteiger partial charge in [0.05, 0.1) is 6.26 Å². The first kappa shape index (κ1) is 17.8. The lowest BCUT2D eigenvalue weighted by molar-refractivity contribution is -0.118. The number of furan rings is 1. The van der Waals surface area contributed by atoms with E-state index in [0.29, 0.717) is 19.4 Å². The van der Waals surface area contributed by atoms with E-state index in [4.69, 9.17) is 4.42 Å². The van der Waals surface area contributed by atoms with Crippen molar-refractivity contribution in [1.82, 2.24) is 5.32 Å². The molecular formula is C19H24N2O3. The van der Waals surface area contributed by atoms with Crippen molar-refractivity contribution in [1.29, 1.82) is 0 Å². The van der Waals surface area contributed by atoms with Gasteiger partial charge in [0, 0.05) is 25.2 Å². The Morgan fingerprint density at radius 2 is 1.88 bits per heavy atom. The molecule has 0 saturated heterocycles. The quantitative estimate of drug-likeness (QED) is 0.715. The molecule has 1 N–H and O–H groups in total. The van der Waals surface area contributed by atoms with Gasteiger partial charge in [0.1, 0.15) is 0 Å². The zero-order valence-corrected chi connectivity index (χ0v) is 14.0. The van der Waals surface area contributed by atoms with Gasteiger partial charge in [-0.1, -0.05) is 31.5 Å². The van der Waals surface area contributed by atoms with Crippen LogP contribution in [0.5, 0.6) is 0 Å². The van der Waals surface area contributed by atoms with Crippen molar-refractivity contribution in [3.8, 4) is 0 Å². The maximum Gasteiger partial charge on any atom is 0.286 e. The number of carbonyl (C=O) groups excluding carboxylic acids is 2. The second-order valence-corrected chi connectivity index (χ2v) is 5.57. The third-order valence-corrected chi connectivity index (χ3v) is 3.70. The first-order valence-electron chi connectivity index (χ1n) is 8.39. The van der Waals surface area contributed by atoms with E-state index in [2.05, 4.69) is 12.2 Å². The van der Waals surface area contributed by atoms with Gasteiger partial charge in [-0.3, -0.25) is 9.59 Å². The number of hydrogen-bond donors (Lipinski definition) is 1. The molecule has 0 unspecified atom stereocenters. The van der Waals surface area contributed by atoms with Crippen molar-refractivity contribution in [3.63, 3.8) is 0 Å². The van der Waals surface area contributed by atoms with E-state index >= 15 is 0 Å². The van der Waals surface area contributed by atoms with Gasteiger partial charge in [-0.25, -0.2) is 0 Å². The molecule has 1 heterocycles. The van der Waals surface area contributed by atoms with Crippen LogP contribution in [0.4, 0.5) is 5.69 Å². The Hall–Kier alpha value is -2.56. The Balaban J connectivity index is 1.81. The van der Waals surface area contributed by atoms with E-state index in [1.807, 2.05) is 35.2 Å². The smallest absolute Gasteiger partial charge is 0.286 e. The number of rotatable bonds is 9. The average molecular weight is 328 g/mol. The number of unbranched alkanes of at least 4 members (excludes halogenated alkanes) is 1. The third kappa shape index (κ3) is 5.26. The van der Waals surface area contributed by atoms with Crippen molar-refractivity contribution in [2.75, 3.05) is 18.0 Å². The van der Waals surface area contributed by atoms with Crippen LogP contribution in [-0.2, 0) is 4.79 Å². The van der Waals surface area contributed by atoms with Gasteiger partial charge in [0.2, 0.25) is 5.91 Å². The molecule has 0 spiro atoms. The lowest BCUT2D eigenvalue weighted by atomic mass is 10.2. The summed E-state index contributed by atoms with van der Waals surface area (Å²) in [7, 11) is 0. The highest BCUT2D eigenvalue weighted by molar-refractivity contribution is 5.93. The summed E-state index contributed by atoms with van der Waals surface area (Å²) in [6, 6.07) is 13.0. The molecule has 2 amide bonds. The van der Waals surface area contributed by atoms with Crippen LogP contribution in [-0.4, -0.2) is 24.9 Å². The molecule has 1 aromatic carbocycles. The van der Waals surface area contributed by atoms with Crippen molar-refractivity contribution < 1.29 is 14.0 Å². The molecule has 0 fully saturated rings. The zero-order chi connectivity index (χ0) is 17.2. The molecule has 0 aliphatic heterocycles. The molecule has 5 heteroatoms. The predicted molar refractivity (Wildman–Crippen MR) is 94.0 cm³/mol. The van der Waals surface area contributed by atoms with E-state index in [1.165, 1.54) is 6.26 Å². The van der Waals surface area contributed by atoms with E-state index in [1.54, 1.807) is 12.1 Å². The van der Waals surface area contributed by atoms with Crippen LogP contribution in [0, 0.1) is 0 Å². The number of nitrogens with one attached hydrogen (secondary N) is 1. The van der Waals surface area contributed by atoms with Crippen LogP contribution < -0.4 is 10.2 Å². The number of carbonyl (C=O) groups is 2. The Bertz CT molecular complexity index is 623. The SMILES string of the molecule is CCCCN(C(=O)CCCNC(=O)c1ccco1)c1ccccc1. The Morgan fingerprint density at radius 1 is 1.08 bits per heavy atom. The average Bonchev–Trinajstić information content (AvgIpc) is 3.14. The summed E-state index contributed by atoms with van der Waals surface area (Å²) in [5.74, 6) is 0.121. The highest BCUT2D eigenvalue weighted by Gasteiger charge is 2.15. The molecule has 128 valence electrons. The maximum atomic E-state index is 12.5. The largest absolute Gasteiger partial charge is 0.459 e. The molecule has 5 nitrogen and oxygen atoms in total. The maximum absolute atomic E-state index is 12.5. The number of amides is 2. The van der Waals surface area contributed by atoms with Crippen LogP contribution in [0.1, 0.15) is 43.2 Å². The minimum absolute atomic E-state index is 0.0851. The van der Waals surface area contributed by atoms with Crippen molar-refractivity contribution >= 4 is 17.5 Å². The fourth-order valence-electron chi connectivity index (χ4n) is 2.39. The Labute approximate surface area is 142 Å².